The predicted octanol–water partition coefficient (Wildman–Crippen LogP) is 2.95. The molecule has 5 nitrogen and oxygen atoms in total. The van der Waals surface area contributed by atoms with Crippen molar-refractivity contribution >= 4 is 11.8 Å². The Balaban J connectivity index is 1.75. The molecular formula is C22H35N3O2. The Labute approximate surface area is 163 Å². The van der Waals surface area contributed by atoms with Crippen LogP contribution in [0.15, 0.2) is 24.3 Å². The van der Waals surface area contributed by atoms with E-state index in [2.05, 4.69) is 43.2 Å². The quantitative estimate of drug-likeness (QED) is 0.806. The van der Waals surface area contributed by atoms with Gasteiger partial charge < -0.3 is 15.5 Å². The minimum atomic E-state index is -0.219. The Hall–Kier alpha value is -1.88. The van der Waals surface area contributed by atoms with Gasteiger partial charge in [0.25, 0.3) is 5.91 Å². The van der Waals surface area contributed by atoms with E-state index in [1.807, 2.05) is 31.2 Å². The molecule has 2 rings (SSSR count). The van der Waals surface area contributed by atoms with E-state index in [4.69, 9.17) is 0 Å². The van der Waals surface area contributed by atoms with Crippen LogP contribution in [-0.2, 0) is 10.2 Å². The van der Waals surface area contributed by atoms with E-state index < -0.39 is 0 Å². The van der Waals surface area contributed by atoms with Crippen LogP contribution >= 0.6 is 0 Å². The fraction of sp³-hybridized carbons (Fsp3) is 0.636. The van der Waals surface area contributed by atoms with Gasteiger partial charge in [-0.25, -0.2) is 0 Å². The third-order valence-electron chi connectivity index (χ3n) is 5.10. The van der Waals surface area contributed by atoms with E-state index in [0.29, 0.717) is 5.56 Å². The van der Waals surface area contributed by atoms with Gasteiger partial charge >= 0.3 is 0 Å². The Morgan fingerprint density at radius 2 is 1.89 bits per heavy atom. The van der Waals surface area contributed by atoms with Crippen LogP contribution in [0.5, 0.6) is 0 Å². The number of nitrogens with one attached hydrogen (secondary N) is 2. The number of piperidine rings is 1. The summed E-state index contributed by atoms with van der Waals surface area (Å²) in [6.07, 6.45) is 2.52. The molecule has 2 amide bonds. The van der Waals surface area contributed by atoms with E-state index in [-0.39, 0.29) is 29.8 Å². The van der Waals surface area contributed by atoms with Crippen molar-refractivity contribution in [1.29, 1.82) is 0 Å². The highest BCUT2D eigenvalue weighted by Crippen LogP contribution is 2.22. The Bertz CT molecular complexity index is 634. The number of hydrogen-bond acceptors (Lipinski definition) is 3. The molecule has 27 heavy (non-hydrogen) atoms. The number of carbonyl (C=O) groups is 2. The van der Waals surface area contributed by atoms with E-state index >= 15 is 0 Å². The van der Waals surface area contributed by atoms with Crippen LogP contribution in [-0.4, -0.2) is 48.9 Å². The smallest absolute Gasteiger partial charge is 0.251 e. The summed E-state index contributed by atoms with van der Waals surface area (Å²) in [7, 11) is 0. The normalized spacial score (nSPS) is 19.4. The molecule has 2 unspecified atom stereocenters. The summed E-state index contributed by atoms with van der Waals surface area (Å²) < 4.78 is 0. The molecule has 1 aliphatic heterocycles. The van der Waals surface area contributed by atoms with Gasteiger partial charge in [-0.15, -0.1) is 0 Å². The van der Waals surface area contributed by atoms with Crippen molar-refractivity contribution in [1.82, 2.24) is 15.5 Å². The number of carbonyl (C=O) groups excluding carboxylic acids is 2. The molecule has 0 aliphatic carbocycles. The molecule has 0 aromatic heterocycles. The lowest BCUT2D eigenvalue weighted by atomic mass is 9.87. The number of rotatable bonds is 6. The van der Waals surface area contributed by atoms with Gasteiger partial charge in [-0.05, 0) is 55.3 Å². The van der Waals surface area contributed by atoms with Crippen LogP contribution in [0.3, 0.4) is 0 Å². The zero-order valence-corrected chi connectivity index (χ0v) is 17.5. The minimum absolute atomic E-state index is 0.000594. The maximum Gasteiger partial charge on any atom is 0.251 e. The van der Waals surface area contributed by atoms with Crippen molar-refractivity contribution in [2.24, 2.45) is 5.92 Å². The second-order valence-electron chi connectivity index (χ2n) is 8.99. The van der Waals surface area contributed by atoms with Crippen molar-refractivity contribution < 1.29 is 9.59 Å². The number of benzene rings is 1. The molecule has 0 radical (unpaired) electrons. The third-order valence-corrected chi connectivity index (χ3v) is 5.10. The number of likely N-dealkylation sites (tertiary alicyclic amines) is 1. The number of hydrogen-bond donors (Lipinski definition) is 2. The van der Waals surface area contributed by atoms with Gasteiger partial charge in [0.2, 0.25) is 5.91 Å². The molecular weight excluding hydrogens is 338 g/mol. The molecule has 0 spiro atoms. The predicted molar refractivity (Wildman–Crippen MR) is 110 cm³/mol. The van der Waals surface area contributed by atoms with E-state index in [9.17, 15) is 9.59 Å². The Morgan fingerprint density at radius 3 is 2.48 bits per heavy atom. The molecule has 2 N–H and O–H groups in total. The first kappa shape index (κ1) is 21.4. The van der Waals surface area contributed by atoms with Gasteiger partial charge in [0.05, 0.1) is 6.54 Å². The average Bonchev–Trinajstić information content (AvgIpc) is 2.59. The van der Waals surface area contributed by atoms with Crippen molar-refractivity contribution in [3.05, 3.63) is 35.4 Å². The van der Waals surface area contributed by atoms with E-state index in [1.54, 1.807) is 0 Å². The number of nitrogens with zero attached hydrogens (tertiary/aromatic N) is 1. The van der Waals surface area contributed by atoms with Crippen LogP contribution in [0.4, 0.5) is 0 Å². The minimum Gasteiger partial charge on any atom is -0.351 e. The summed E-state index contributed by atoms with van der Waals surface area (Å²) in [5.74, 6) is 0.362. The van der Waals surface area contributed by atoms with E-state index in [0.717, 1.165) is 25.6 Å². The lowest BCUT2D eigenvalue weighted by molar-refractivity contribution is -0.120. The molecule has 2 atom stereocenters. The molecule has 1 aromatic carbocycles. The van der Waals surface area contributed by atoms with Crippen LogP contribution in [0.25, 0.3) is 0 Å². The topological polar surface area (TPSA) is 61.4 Å². The van der Waals surface area contributed by atoms with Crippen molar-refractivity contribution in [2.45, 2.75) is 58.9 Å². The summed E-state index contributed by atoms with van der Waals surface area (Å²) in [6.45, 7) is 13.8. The second kappa shape index (κ2) is 9.36. The zero-order chi connectivity index (χ0) is 20.0. The Kier molecular flexibility index (Phi) is 7.42. The summed E-state index contributed by atoms with van der Waals surface area (Å²) in [4.78, 5) is 26.8. The van der Waals surface area contributed by atoms with Crippen LogP contribution in [0, 0.1) is 5.92 Å². The van der Waals surface area contributed by atoms with Crippen molar-refractivity contribution in [3.8, 4) is 0 Å². The van der Waals surface area contributed by atoms with Crippen molar-refractivity contribution in [2.75, 3.05) is 26.2 Å². The highest BCUT2D eigenvalue weighted by Gasteiger charge is 2.19. The lowest BCUT2D eigenvalue weighted by Gasteiger charge is -2.32. The first-order chi connectivity index (χ1) is 12.6. The third kappa shape index (κ3) is 6.98. The summed E-state index contributed by atoms with van der Waals surface area (Å²) >= 11 is 0. The van der Waals surface area contributed by atoms with Gasteiger partial charge in [0.1, 0.15) is 0 Å². The van der Waals surface area contributed by atoms with Crippen LogP contribution in [0.1, 0.15) is 63.4 Å². The van der Waals surface area contributed by atoms with Gasteiger partial charge in [0, 0.05) is 24.7 Å². The second-order valence-corrected chi connectivity index (χ2v) is 8.99. The molecule has 0 bridgehead atoms. The SMILES string of the molecule is CC1CCCN(CC(C)NC(=O)CNC(=O)c2ccc(C(C)(C)C)cc2)C1. The molecule has 1 fully saturated rings. The fourth-order valence-corrected chi connectivity index (χ4v) is 3.60. The van der Waals surface area contributed by atoms with E-state index in [1.165, 1.54) is 18.4 Å². The molecule has 1 saturated heterocycles. The summed E-state index contributed by atoms with van der Waals surface area (Å²) in [5, 5.41) is 5.69. The monoisotopic (exact) mass is 373 g/mol. The van der Waals surface area contributed by atoms with Crippen LogP contribution < -0.4 is 10.6 Å². The Morgan fingerprint density at radius 1 is 1.22 bits per heavy atom. The summed E-state index contributed by atoms with van der Waals surface area (Å²) in [5.41, 5.74) is 1.81. The first-order valence-corrected chi connectivity index (χ1v) is 10.1. The molecule has 150 valence electrons. The zero-order valence-electron chi connectivity index (χ0n) is 17.5. The molecule has 5 heteroatoms. The maximum atomic E-state index is 12.2. The van der Waals surface area contributed by atoms with Crippen LogP contribution in [0.2, 0.25) is 0 Å². The molecule has 0 saturated carbocycles. The highest BCUT2D eigenvalue weighted by molar-refractivity contribution is 5.96. The molecule has 1 heterocycles. The fourth-order valence-electron chi connectivity index (χ4n) is 3.60. The molecule has 1 aliphatic rings. The molecule has 1 aromatic rings. The lowest BCUT2D eigenvalue weighted by Crippen LogP contribution is -2.47. The van der Waals surface area contributed by atoms with Gasteiger partial charge in [-0.3, -0.25) is 9.59 Å². The largest absolute Gasteiger partial charge is 0.351 e. The van der Waals surface area contributed by atoms with Gasteiger partial charge in [-0.2, -0.15) is 0 Å². The summed E-state index contributed by atoms with van der Waals surface area (Å²) in [6, 6.07) is 7.64. The first-order valence-electron chi connectivity index (χ1n) is 10.1. The van der Waals surface area contributed by atoms with Crippen molar-refractivity contribution in [3.63, 3.8) is 0 Å². The standard InChI is InChI=1S/C22H35N3O2/c1-16-7-6-12-25(14-16)15-17(2)24-20(26)13-23-21(27)18-8-10-19(11-9-18)22(3,4)5/h8-11,16-17H,6-7,12-15H2,1-5H3,(H,23,27)(H,24,26). The maximum absolute atomic E-state index is 12.2. The van der Waals surface area contributed by atoms with Gasteiger partial charge in [-0.1, -0.05) is 39.8 Å². The van der Waals surface area contributed by atoms with Gasteiger partial charge in [0.15, 0.2) is 0 Å². The highest BCUT2D eigenvalue weighted by atomic mass is 16.2. The average molecular weight is 374 g/mol. The number of amides is 2.